The predicted molar refractivity (Wildman–Crippen MR) is 101 cm³/mol. The molecule has 5 heteroatoms. The van der Waals surface area contributed by atoms with E-state index in [1.807, 2.05) is 41.4 Å². The number of amides is 1. The number of aromatic nitrogens is 2. The van der Waals surface area contributed by atoms with Gasteiger partial charge in [-0.1, -0.05) is 25.1 Å². The van der Waals surface area contributed by atoms with Crippen LogP contribution in [0.15, 0.2) is 48.4 Å². The Hall–Kier alpha value is -2.82. The third-order valence-corrected chi connectivity index (χ3v) is 5.17. The lowest BCUT2D eigenvalue weighted by atomic mass is 9.91. The van der Waals surface area contributed by atoms with Crippen LogP contribution in [0.1, 0.15) is 42.5 Å². The second-order valence-corrected chi connectivity index (χ2v) is 6.81. The number of nitrogens with one attached hydrogen (secondary N) is 1. The first-order valence-electron chi connectivity index (χ1n) is 9.21. The van der Waals surface area contributed by atoms with Crippen molar-refractivity contribution < 1.29 is 9.53 Å². The Labute approximate surface area is 153 Å². The molecule has 1 aromatic heterocycles. The van der Waals surface area contributed by atoms with Gasteiger partial charge < -0.3 is 9.64 Å². The minimum Gasteiger partial charge on any atom is -0.464 e. The van der Waals surface area contributed by atoms with Gasteiger partial charge in [-0.05, 0) is 43.0 Å². The molecule has 1 fully saturated rings. The number of fused-ring (bicyclic) bond motifs is 1. The average molecular weight is 349 g/mol. The number of carbonyl (C=O) groups is 1. The minimum atomic E-state index is 0.0591. The molecule has 0 bridgehead atoms. The van der Waals surface area contributed by atoms with E-state index in [9.17, 15) is 4.79 Å². The Morgan fingerprint density at radius 2 is 2.27 bits per heavy atom. The molecule has 0 spiro atoms. The maximum Gasteiger partial charge on any atom is 0.254 e. The molecule has 3 heterocycles. The van der Waals surface area contributed by atoms with Gasteiger partial charge in [0.2, 0.25) is 0 Å². The van der Waals surface area contributed by atoms with E-state index >= 15 is 0 Å². The van der Waals surface area contributed by atoms with Crippen molar-refractivity contribution in [1.29, 1.82) is 0 Å². The molecule has 5 nitrogen and oxygen atoms in total. The number of para-hydroxylation sites is 1. The van der Waals surface area contributed by atoms with Crippen LogP contribution in [0.25, 0.3) is 6.08 Å². The van der Waals surface area contributed by atoms with Gasteiger partial charge in [-0.15, -0.1) is 0 Å². The van der Waals surface area contributed by atoms with E-state index in [0.29, 0.717) is 11.5 Å². The molecule has 134 valence electrons. The number of hydrogen-bond acceptors (Lipinski definition) is 3. The van der Waals surface area contributed by atoms with Gasteiger partial charge in [0.1, 0.15) is 5.75 Å². The first kappa shape index (κ1) is 16.6. The zero-order valence-electron chi connectivity index (χ0n) is 14.9. The summed E-state index contributed by atoms with van der Waals surface area (Å²) in [7, 11) is 0. The van der Waals surface area contributed by atoms with Crippen LogP contribution >= 0.6 is 0 Å². The van der Waals surface area contributed by atoms with E-state index < -0.39 is 0 Å². The fraction of sp³-hybridized carbons (Fsp3) is 0.333. The van der Waals surface area contributed by atoms with E-state index in [0.717, 1.165) is 43.7 Å². The highest BCUT2D eigenvalue weighted by atomic mass is 16.5. The number of rotatable bonds is 3. The Kier molecular flexibility index (Phi) is 4.61. The normalized spacial score (nSPS) is 19.3. The van der Waals surface area contributed by atoms with Gasteiger partial charge in [-0.3, -0.25) is 9.89 Å². The third kappa shape index (κ3) is 3.17. The second kappa shape index (κ2) is 7.20. The number of piperidine rings is 1. The Bertz CT molecular complexity index is 866. The first-order valence-corrected chi connectivity index (χ1v) is 9.21. The van der Waals surface area contributed by atoms with Crippen molar-refractivity contribution in [1.82, 2.24) is 15.1 Å². The molecule has 1 amide bonds. The van der Waals surface area contributed by atoms with Gasteiger partial charge in [-0.25, -0.2) is 0 Å². The van der Waals surface area contributed by atoms with Crippen LogP contribution in [0.5, 0.6) is 5.75 Å². The number of aryl methyl sites for hydroxylation is 1. The topological polar surface area (TPSA) is 58.2 Å². The molecule has 2 aliphatic heterocycles. The number of likely N-dealkylation sites (tertiary alicyclic amines) is 1. The van der Waals surface area contributed by atoms with Crippen molar-refractivity contribution in [3.63, 3.8) is 0 Å². The highest BCUT2D eigenvalue weighted by molar-refractivity contribution is 6.01. The molecule has 0 saturated carbocycles. The Morgan fingerprint density at radius 1 is 1.38 bits per heavy atom. The summed E-state index contributed by atoms with van der Waals surface area (Å²) < 4.78 is 5.61. The van der Waals surface area contributed by atoms with Gasteiger partial charge in [-0.2, -0.15) is 5.10 Å². The van der Waals surface area contributed by atoms with Crippen molar-refractivity contribution in [3.05, 3.63) is 65.2 Å². The summed E-state index contributed by atoms with van der Waals surface area (Å²) in [6.45, 7) is 3.65. The van der Waals surface area contributed by atoms with E-state index in [-0.39, 0.29) is 5.91 Å². The summed E-state index contributed by atoms with van der Waals surface area (Å²) in [6.07, 6.45) is 10.2. The standard InChI is InChI=1S/C21H23N3O2/c1-2-15-13-22-23-20(15)18-7-5-10-24(14-18)21(25)17-9-11-26-19-8-4-3-6-16(19)12-17/h3-4,6,8-9,11-13,18H,2,5,7,10,14H2,1H3,(H,22,23)/t18-/m1/s1. The van der Waals surface area contributed by atoms with Crippen molar-refractivity contribution in [2.24, 2.45) is 0 Å². The van der Waals surface area contributed by atoms with E-state index in [2.05, 4.69) is 17.1 Å². The number of aromatic amines is 1. The van der Waals surface area contributed by atoms with Gasteiger partial charge in [0.15, 0.2) is 0 Å². The summed E-state index contributed by atoms with van der Waals surface area (Å²) in [6, 6.07) is 7.75. The molecule has 1 aromatic carbocycles. The summed E-state index contributed by atoms with van der Waals surface area (Å²) in [5, 5.41) is 7.35. The third-order valence-electron chi connectivity index (χ3n) is 5.17. The van der Waals surface area contributed by atoms with Crippen LogP contribution in [0.2, 0.25) is 0 Å². The predicted octanol–water partition coefficient (Wildman–Crippen LogP) is 3.67. The van der Waals surface area contributed by atoms with Gasteiger partial charge in [0.25, 0.3) is 5.91 Å². The molecule has 0 aliphatic carbocycles. The zero-order valence-corrected chi connectivity index (χ0v) is 14.9. The minimum absolute atomic E-state index is 0.0591. The van der Waals surface area contributed by atoms with E-state index in [4.69, 9.17) is 4.74 Å². The van der Waals surface area contributed by atoms with Crippen LogP contribution in [0.3, 0.4) is 0 Å². The fourth-order valence-electron chi connectivity index (χ4n) is 3.77. The number of nitrogens with zero attached hydrogens (tertiary/aromatic N) is 2. The van der Waals surface area contributed by atoms with Crippen molar-refractivity contribution in [3.8, 4) is 5.75 Å². The molecule has 0 radical (unpaired) electrons. The molecule has 2 aliphatic rings. The van der Waals surface area contributed by atoms with E-state index in [1.165, 1.54) is 11.3 Å². The number of ether oxygens (including phenoxy) is 1. The molecular weight excluding hydrogens is 326 g/mol. The van der Waals surface area contributed by atoms with Crippen molar-refractivity contribution >= 4 is 12.0 Å². The SMILES string of the molecule is CCc1cn[nH]c1[C@@H]1CCCN(C(=O)C2=Cc3ccccc3OC=C2)C1. The molecule has 1 atom stereocenters. The summed E-state index contributed by atoms with van der Waals surface area (Å²) in [5.74, 6) is 1.15. The number of carbonyl (C=O) groups excluding carboxylic acids is 1. The van der Waals surface area contributed by atoms with E-state index in [1.54, 1.807) is 12.3 Å². The highest BCUT2D eigenvalue weighted by Crippen LogP contribution is 2.30. The average Bonchev–Trinajstić information content (AvgIpc) is 3.06. The van der Waals surface area contributed by atoms with Crippen LogP contribution in [-0.4, -0.2) is 34.1 Å². The van der Waals surface area contributed by atoms with Crippen molar-refractivity contribution in [2.45, 2.75) is 32.1 Å². The largest absolute Gasteiger partial charge is 0.464 e. The molecule has 1 saturated heterocycles. The maximum absolute atomic E-state index is 13.1. The van der Waals surface area contributed by atoms with Gasteiger partial charge >= 0.3 is 0 Å². The lowest BCUT2D eigenvalue weighted by Crippen LogP contribution is -2.39. The zero-order chi connectivity index (χ0) is 17.9. The summed E-state index contributed by atoms with van der Waals surface area (Å²) >= 11 is 0. The number of hydrogen-bond donors (Lipinski definition) is 1. The molecule has 26 heavy (non-hydrogen) atoms. The summed E-state index contributed by atoms with van der Waals surface area (Å²) in [5.41, 5.74) is 4.02. The van der Waals surface area contributed by atoms with Crippen LogP contribution in [0, 0.1) is 0 Å². The van der Waals surface area contributed by atoms with Crippen LogP contribution in [-0.2, 0) is 11.2 Å². The second-order valence-electron chi connectivity index (χ2n) is 6.81. The van der Waals surface area contributed by atoms with Crippen LogP contribution in [0.4, 0.5) is 0 Å². The molecule has 1 N–H and O–H groups in total. The molecule has 2 aromatic rings. The molecule has 4 rings (SSSR count). The monoisotopic (exact) mass is 349 g/mol. The number of benzene rings is 1. The van der Waals surface area contributed by atoms with Crippen LogP contribution < -0.4 is 4.74 Å². The lowest BCUT2D eigenvalue weighted by Gasteiger charge is -2.33. The smallest absolute Gasteiger partial charge is 0.254 e. The lowest BCUT2D eigenvalue weighted by molar-refractivity contribution is -0.127. The van der Waals surface area contributed by atoms with Gasteiger partial charge in [0.05, 0.1) is 12.5 Å². The quantitative estimate of drug-likeness (QED) is 0.920. The summed E-state index contributed by atoms with van der Waals surface area (Å²) in [4.78, 5) is 15.1. The highest BCUT2D eigenvalue weighted by Gasteiger charge is 2.28. The van der Waals surface area contributed by atoms with Crippen molar-refractivity contribution in [2.75, 3.05) is 13.1 Å². The fourth-order valence-corrected chi connectivity index (χ4v) is 3.77. The molecule has 0 unspecified atom stereocenters. The number of H-pyrrole nitrogens is 1. The maximum atomic E-state index is 13.1. The van der Waals surface area contributed by atoms with Gasteiger partial charge in [0, 0.05) is 35.8 Å². The Balaban J connectivity index is 1.55. The Morgan fingerprint density at radius 3 is 3.15 bits per heavy atom. The molecular formula is C21H23N3O2. The first-order chi connectivity index (χ1) is 12.8.